The van der Waals surface area contributed by atoms with Crippen LogP contribution in [0.25, 0.3) is 0 Å². The number of methoxy groups -OCH3 is 1. The van der Waals surface area contributed by atoms with E-state index in [4.69, 9.17) is 4.74 Å². The third kappa shape index (κ3) is 1.26. The van der Waals surface area contributed by atoms with Gasteiger partial charge in [0, 0.05) is 19.7 Å². The number of hydrogen-bond acceptors (Lipinski definition) is 3. The molecule has 0 spiro atoms. The minimum atomic E-state index is -0.200. The standard InChI is InChI=1S/C9H20N2O/c1-6-11-7-8(2)10(4)9(11,3)12-5/h8H,6-7H2,1-5H3. The highest BCUT2D eigenvalue weighted by atomic mass is 16.5. The lowest BCUT2D eigenvalue weighted by Gasteiger charge is -2.37. The van der Waals surface area contributed by atoms with Crippen LogP contribution >= 0.6 is 0 Å². The van der Waals surface area contributed by atoms with Gasteiger partial charge in [-0.3, -0.25) is 9.80 Å². The van der Waals surface area contributed by atoms with E-state index in [-0.39, 0.29) is 5.85 Å². The summed E-state index contributed by atoms with van der Waals surface area (Å²) in [6, 6.07) is 0.579. The van der Waals surface area contributed by atoms with Gasteiger partial charge in [0.25, 0.3) is 0 Å². The second-order valence-electron chi connectivity index (χ2n) is 3.64. The Labute approximate surface area is 75.3 Å². The Kier molecular flexibility index (Phi) is 2.76. The van der Waals surface area contributed by atoms with Crippen molar-refractivity contribution in [1.29, 1.82) is 0 Å². The zero-order chi connectivity index (χ0) is 9.35. The number of ether oxygens (including phenoxy) is 1. The summed E-state index contributed by atoms with van der Waals surface area (Å²) in [5.41, 5.74) is 0. The lowest BCUT2D eigenvalue weighted by Crippen LogP contribution is -2.51. The van der Waals surface area contributed by atoms with Crippen LogP contribution in [0.3, 0.4) is 0 Å². The van der Waals surface area contributed by atoms with Gasteiger partial charge in [0.05, 0.1) is 0 Å². The van der Waals surface area contributed by atoms with E-state index in [2.05, 4.69) is 37.6 Å². The first-order valence-electron chi connectivity index (χ1n) is 4.59. The molecule has 1 heterocycles. The maximum atomic E-state index is 5.54. The summed E-state index contributed by atoms with van der Waals surface area (Å²) in [4.78, 5) is 4.62. The Morgan fingerprint density at radius 2 is 2.17 bits per heavy atom. The first kappa shape index (κ1) is 9.96. The van der Waals surface area contributed by atoms with E-state index >= 15 is 0 Å². The lowest BCUT2D eigenvalue weighted by atomic mass is 10.3. The van der Waals surface area contributed by atoms with Crippen LogP contribution in [0.15, 0.2) is 0 Å². The molecule has 72 valence electrons. The topological polar surface area (TPSA) is 15.7 Å². The highest BCUT2D eigenvalue weighted by Gasteiger charge is 2.44. The van der Waals surface area contributed by atoms with Crippen molar-refractivity contribution in [2.75, 3.05) is 27.2 Å². The monoisotopic (exact) mass is 172 g/mol. The number of likely N-dealkylation sites (N-methyl/N-ethyl adjacent to an activating group) is 2. The molecular weight excluding hydrogens is 152 g/mol. The molecule has 1 saturated heterocycles. The average Bonchev–Trinajstić information content (AvgIpc) is 2.30. The highest BCUT2D eigenvalue weighted by Crippen LogP contribution is 2.28. The van der Waals surface area contributed by atoms with Gasteiger partial charge in [0.15, 0.2) is 5.85 Å². The first-order valence-corrected chi connectivity index (χ1v) is 4.59. The maximum Gasteiger partial charge on any atom is 0.176 e. The maximum absolute atomic E-state index is 5.54. The van der Waals surface area contributed by atoms with Gasteiger partial charge in [0.2, 0.25) is 0 Å². The average molecular weight is 172 g/mol. The SMILES string of the molecule is CCN1CC(C)N(C)C1(C)OC. The van der Waals surface area contributed by atoms with Gasteiger partial charge >= 0.3 is 0 Å². The van der Waals surface area contributed by atoms with Crippen LogP contribution in [0.4, 0.5) is 0 Å². The second kappa shape index (κ2) is 3.32. The molecule has 0 N–H and O–H groups in total. The molecule has 1 rings (SSSR count). The largest absolute Gasteiger partial charge is 0.350 e. The fourth-order valence-corrected chi connectivity index (χ4v) is 1.94. The molecule has 0 aromatic carbocycles. The number of hydrogen-bond donors (Lipinski definition) is 0. The highest BCUT2D eigenvalue weighted by molar-refractivity contribution is 4.88. The van der Waals surface area contributed by atoms with Crippen LogP contribution < -0.4 is 0 Å². The molecule has 1 aliphatic heterocycles. The Balaban J connectivity index is 2.80. The lowest BCUT2D eigenvalue weighted by molar-refractivity contribution is -0.176. The summed E-state index contributed by atoms with van der Waals surface area (Å²) in [5.74, 6) is -0.200. The van der Waals surface area contributed by atoms with Gasteiger partial charge in [-0.2, -0.15) is 0 Å². The normalized spacial score (nSPS) is 39.2. The number of nitrogens with zero attached hydrogens (tertiary/aromatic N) is 2. The van der Waals surface area contributed by atoms with Gasteiger partial charge in [-0.25, -0.2) is 0 Å². The van der Waals surface area contributed by atoms with Crippen molar-refractivity contribution >= 4 is 0 Å². The molecular formula is C9H20N2O. The van der Waals surface area contributed by atoms with Crippen LogP contribution in [0.2, 0.25) is 0 Å². The van der Waals surface area contributed by atoms with E-state index in [1.165, 1.54) is 0 Å². The molecule has 3 nitrogen and oxygen atoms in total. The van der Waals surface area contributed by atoms with Crippen molar-refractivity contribution in [3.63, 3.8) is 0 Å². The third-order valence-corrected chi connectivity index (χ3v) is 3.16. The van der Waals surface area contributed by atoms with Crippen molar-refractivity contribution in [2.24, 2.45) is 0 Å². The molecule has 0 bridgehead atoms. The predicted molar refractivity (Wildman–Crippen MR) is 49.9 cm³/mol. The van der Waals surface area contributed by atoms with Gasteiger partial charge in [0.1, 0.15) is 0 Å². The summed E-state index contributed by atoms with van der Waals surface area (Å²) in [7, 11) is 3.89. The predicted octanol–water partition coefficient (Wildman–Crippen LogP) is 0.962. The van der Waals surface area contributed by atoms with E-state index in [1.54, 1.807) is 7.11 Å². The molecule has 0 saturated carbocycles. The van der Waals surface area contributed by atoms with Crippen molar-refractivity contribution in [3.8, 4) is 0 Å². The smallest absolute Gasteiger partial charge is 0.176 e. The van der Waals surface area contributed by atoms with Crippen molar-refractivity contribution < 1.29 is 4.74 Å². The molecule has 2 atom stereocenters. The zero-order valence-electron chi connectivity index (χ0n) is 8.79. The molecule has 3 heteroatoms. The molecule has 1 fully saturated rings. The van der Waals surface area contributed by atoms with Gasteiger partial charge < -0.3 is 4.74 Å². The Morgan fingerprint density at radius 1 is 1.58 bits per heavy atom. The number of rotatable bonds is 2. The van der Waals surface area contributed by atoms with Gasteiger partial charge in [-0.05, 0) is 27.4 Å². The first-order chi connectivity index (χ1) is 5.56. The van der Waals surface area contributed by atoms with Crippen LogP contribution in [0.1, 0.15) is 20.8 Å². The molecule has 2 unspecified atom stereocenters. The molecule has 1 aliphatic rings. The van der Waals surface area contributed by atoms with E-state index in [1.807, 2.05) is 0 Å². The summed E-state index contributed by atoms with van der Waals surface area (Å²) in [6.45, 7) is 8.66. The fourth-order valence-electron chi connectivity index (χ4n) is 1.94. The van der Waals surface area contributed by atoms with Crippen molar-refractivity contribution in [2.45, 2.75) is 32.7 Å². The minimum Gasteiger partial charge on any atom is -0.350 e. The van der Waals surface area contributed by atoms with Gasteiger partial charge in [-0.15, -0.1) is 0 Å². The van der Waals surface area contributed by atoms with E-state index < -0.39 is 0 Å². The quantitative estimate of drug-likeness (QED) is 0.617. The van der Waals surface area contributed by atoms with Crippen molar-refractivity contribution in [3.05, 3.63) is 0 Å². The summed E-state index contributed by atoms with van der Waals surface area (Å²) in [5, 5.41) is 0. The molecule has 0 aromatic rings. The second-order valence-corrected chi connectivity index (χ2v) is 3.64. The van der Waals surface area contributed by atoms with E-state index in [0.29, 0.717) is 6.04 Å². The zero-order valence-corrected chi connectivity index (χ0v) is 8.79. The molecule has 0 amide bonds. The van der Waals surface area contributed by atoms with Crippen molar-refractivity contribution in [1.82, 2.24) is 9.80 Å². The Morgan fingerprint density at radius 3 is 2.50 bits per heavy atom. The van der Waals surface area contributed by atoms with E-state index in [0.717, 1.165) is 13.1 Å². The van der Waals surface area contributed by atoms with Crippen LogP contribution in [0.5, 0.6) is 0 Å². The van der Waals surface area contributed by atoms with Crippen LogP contribution in [0, 0.1) is 0 Å². The molecule has 0 aromatic heterocycles. The molecule has 0 radical (unpaired) electrons. The summed E-state index contributed by atoms with van der Waals surface area (Å²) >= 11 is 0. The Hall–Kier alpha value is -0.120. The fraction of sp³-hybridized carbons (Fsp3) is 1.00. The third-order valence-electron chi connectivity index (χ3n) is 3.16. The van der Waals surface area contributed by atoms with Crippen LogP contribution in [-0.2, 0) is 4.74 Å². The van der Waals surface area contributed by atoms with Gasteiger partial charge in [-0.1, -0.05) is 6.92 Å². The summed E-state index contributed by atoms with van der Waals surface area (Å²) in [6.07, 6.45) is 0. The Bertz CT molecular complexity index is 163. The van der Waals surface area contributed by atoms with E-state index in [9.17, 15) is 0 Å². The molecule has 12 heavy (non-hydrogen) atoms. The van der Waals surface area contributed by atoms with Crippen LogP contribution in [-0.4, -0.2) is 48.9 Å². The minimum absolute atomic E-state index is 0.200. The molecule has 0 aliphatic carbocycles. The summed E-state index contributed by atoms with van der Waals surface area (Å²) < 4.78 is 5.54.